The van der Waals surface area contributed by atoms with Crippen molar-refractivity contribution in [1.82, 2.24) is 0 Å². The first-order valence-electron chi connectivity index (χ1n) is 5.51. The first-order chi connectivity index (χ1) is 8.96. The van der Waals surface area contributed by atoms with Gasteiger partial charge in [-0.3, -0.25) is 9.53 Å². The number of carbonyl (C=O) groups is 1. The number of halogens is 3. The standard InChI is InChI=1S/C12H13F3O4/c1-2-17-11-7-9(8-16)3-4-10(11)18-5-6-19-12(13,14)15/h3-4,7-8H,2,5-6H2,1H3. The molecule has 0 atom stereocenters. The smallest absolute Gasteiger partial charge is 0.490 e. The summed E-state index contributed by atoms with van der Waals surface area (Å²) < 4.78 is 49.1. The van der Waals surface area contributed by atoms with Gasteiger partial charge in [0.1, 0.15) is 12.9 Å². The van der Waals surface area contributed by atoms with Gasteiger partial charge in [0, 0.05) is 5.56 Å². The highest BCUT2D eigenvalue weighted by atomic mass is 19.4. The van der Waals surface area contributed by atoms with E-state index >= 15 is 0 Å². The molecule has 1 rings (SSSR count). The molecule has 0 aromatic heterocycles. The van der Waals surface area contributed by atoms with E-state index in [9.17, 15) is 18.0 Å². The maximum absolute atomic E-state index is 11.7. The van der Waals surface area contributed by atoms with Crippen LogP contribution in [0.4, 0.5) is 13.2 Å². The number of ether oxygens (including phenoxy) is 3. The van der Waals surface area contributed by atoms with Gasteiger partial charge < -0.3 is 9.47 Å². The van der Waals surface area contributed by atoms with Gasteiger partial charge in [-0.1, -0.05) is 0 Å². The van der Waals surface area contributed by atoms with Crippen LogP contribution in [0.15, 0.2) is 18.2 Å². The molecule has 0 saturated heterocycles. The number of aldehydes is 1. The van der Waals surface area contributed by atoms with Gasteiger partial charge >= 0.3 is 6.36 Å². The van der Waals surface area contributed by atoms with Gasteiger partial charge in [0.05, 0.1) is 13.2 Å². The summed E-state index contributed by atoms with van der Waals surface area (Å²) in [4.78, 5) is 10.6. The molecule has 0 aliphatic carbocycles. The van der Waals surface area contributed by atoms with Gasteiger partial charge in [-0.2, -0.15) is 0 Å². The molecular formula is C12H13F3O4. The van der Waals surface area contributed by atoms with Crippen LogP contribution >= 0.6 is 0 Å². The Labute approximate surface area is 108 Å². The molecule has 0 bridgehead atoms. The first kappa shape index (κ1) is 15.3. The SMILES string of the molecule is CCOc1cc(C=O)ccc1OCCOC(F)(F)F. The third-order valence-corrected chi connectivity index (χ3v) is 2.01. The molecule has 0 unspecified atom stereocenters. The average Bonchev–Trinajstić information content (AvgIpc) is 2.35. The van der Waals surface area contributed by atoms with Crippen molar-refractivity contribution in [3.05, 3.63) is 23.8 Å². The van der Waals surface area contributed by atoms with Crippen molar-refractivity contribution in [3.63, 3.8) is 0 Å². The zero-order valence-electron chi connectivity index (χ0n) is 10.2. The molecule has 0 amide bonds. The Morgan fingerprint density at radius 2 is 1.89 bits per heavy atom. The minimum Gasteiger partial charge on any atom is -0.490 e. The molecular weight excluding hydrogens is 265 g/mol. The second kappa shape index (κ2) is 6.98. The van der Waals surface area contributed by atoms with Gasteiger partial charge in [-0.25, -0.2) is 0 Å². The van der Waals surface area contributed by atoms with E-state index in [4.69, 9.17) is 9.47 Å². The molecule has 0 heterocycles. The largest absolute Gasteiger partial charge is 0.522 e. The summed E-state index contributed by atoms with van der Waals surface area (Å²) >= 11 is 0. The van der Waals surface area contributed by atoms with Gasteiger partial charge in [0.2, 0.25) is 0 Å². The van der Waals surface area contributed by atoms with E-state index in [2.05, 4.69) is 4.74 Å². The van der Waals surface area contributed by atoms with Crippen molar-refractivity contribution >= 4 is 6.29 Å². The van der Waals surface area contributed by atoms with Gasteiger partial charge in [0.15, 0.2) is 11.5 Å². The summed E-state index contributed by atoms with van der Waals surface area (Å²) in [5, 5.41) is 0. The summed E-state index contributed by atoms with van der Waals surface area (Å²) in [6, 6.07) is 4.40. The number of alkyl halides is 3. The van der Waals surface area contributed by atoms with Crippen molar-refractivity contribution < 1.29 is 32.2 Å². The van der Waals surface area contributed by atoms with Crippen LogP contribution in [0.25, 0.3) is 0 Å². The molecule has 0 spiro atoms. The predicted octanol–water partition coefficient (Wildman–Crippen LogP) is 2.81. The van der Waals surface area contributed by atoms with E-state index in [1.165, 1.54) is 18.2 Å². The van der Waals surface area contributed by atoms with E-state index in [1.807, 2.05) is 0 Å². The number of hydrogen-bond acceptors (Lipinski definition) is 4. The minimum atomic E-state index is -4.67. The summed E-state index contributed by atoms with van der Waals surface area (Å²) in [7, 11) is 0. The number of carbonyl (C=O) groups excluding carboxylic acids is 1. The Morgan fingerprint density at radius 1 is 1.16 bits per heavy atom. The third kappa shape index (κ3) is 5.60. The molecule has 1 aromatic rings. The average molecular weight is 278 g/mol. The van der Waals surface area contributed by atoms with Crippen molar-refractivity contribution in [3.8, 4) is 11.5 Å². The molecule has 1 aromatic carbocycles. The van der Waals surface area contributed by atoms with E-state index < -0.39 is 13.0 Å². The quantitative estimate of drug-likeness (QED) is 0.568. The monoisotopic (exact) mass is 278 g/mol. The Kier molecular flexibility index (Phi) is 5.62. The van der Waals surface area contributed by atoms with Crippen LogP contribution in [0, 0.1) is 0 Å². The van der Waals surface area contributed by atoms with E-state index in [0.29, 0.717) is 24.2 Å². The normalized spacial score (nSPS) is 11.2. The van der Waals surface area contributed by atoms with Crippen molar-refractivity contribution in [2.75, 3.05) is 19.8 Å². The zero-order valence-corrected chi connectivity index (χ0v) is 10.2. The number of hydrogen-bond donors (Lipinski definition) is 0. The summed E-state index contributed by atoms with van der Waals surface area (Å²) in [6.45, 7) is 1.19. The fourth-order valence-electron chi connectivity index (χ4n) is 1.29. The molecule has 7 heteroatoms. The molecule has 4 nitrogen and oxygen atoms in total. The zero-order chi connectivity index (χ0) is 14.3. The molecule has 19 heavy (non-hydrogen) atoms. The topological polar surface area (TPSA) is 44.8 Å². The van der Waals surface area contributed by atoms with Crippen LogP contribution in [0.2, 0.25) is 0 Å². The van der Waals surface area contributed by atoms with Gasteiger partial charge in [-0.15, -0.1) is 13.2 Å². The van der Waals surface area contributed by atoms with Crippen LogP contribution in [0.3, 0.4) is 0 Å². The van der Waals surface area contributed by atoms with Crippen LogP contribution < -0.4 is 9.47 Å². The van der Waals surface area contributed by atoms with Crippen LogP contribution in [-0.2, 0) is 4.74 Å². The lowest BCUT2D eigenvalue weighted by Crippen LogP contribution is -2.18. The Morgan fingerprint density at radius 3 is 2.47 bits per heavy atom. The lowest BCUT2D eigenvalue weighted by molar-refractivity contribution is -0.325. The lowest BCUT2D eigenvalue weighted by Gasteiger charge is -2.13. The second-order valence-electron chi connectivity index (χ2n) is 3.40. The highest BCUT2D eigenvalue weighted by Gasteiger charge is 2.28. The molecule has 106 valence electrons. The van der Waals surface area contributed by atoms with E-state index in [0.717, 1.165) is 0 Å². The number of rotatable bonds is 7. The first-order valence-corrected chi connectivity index (χ1v) is 5.51. The van der Waals surface area contributed by atoms with E-state index in [-0.39, 0.29) is 12.4 Å². The van der Waals surface area contributed by atoms with Gasteiger partial charge in [-0.05, 0) is 25.1 Å². The second-order valence-corrected chi connectivity index (χ2v) is 3.40. The Bertz CT molecular complexity index is 418. The minimum absolute atomic E-state index is 0.262. The van der Waals surface area contributed by atoms with Gasteiger partial charge in [0.25, 0.3) is 0 Å². The Hall–Kier alpha value is -1.76. The van der Waals surface area contributed by atoms with Crippen LogP contribution in [0.5, 0.6) is 11.5 Å². The maximum atomic E-state index is 11.7. The molecule has 0 N–H and O–H groups in total. The van der Waals surface area contributed by atoms with Crippen LogP contribution in [0.1, 0.15) is 17.3 Å². The number of benzene rings is 1. The molecule has 0 fully saturated rings. The molecule has 0 radical (unpaired) electrons. The van der Waals surface area contributed by atoms with E-state index in [1.54, 1.807) is 6.92 Å². The Balaban J connectivity index is 2.59. The third-order valence-electron chi connectivity index (χ3n) is 2.01. The highest BCUT2D eigenvalue weighted by Crippen LogP contribution is 2.28. The predicted molar refractivity (Wildman–Crippen MR) is 60.5 cm³/mol. The lowest BCUT2D eigenvalue weighted by atomic mass is 10.2. The fourth-order valence-corrected chi connectivity index (χ4v) is 1.29. The molecule has 0 saturated carbocycles. The van der Waals surface area contributed by atoms with Crippen molar-refractivity contribution in [2.24, 2.45) is 0 Å². The van der Waals surface area contributed by atoms with Crippen molar-refractivity contribution in [1.29, 1.82) is 0 Å². The van der Waals surface area contributed by atoms with Crippen molar-refractivity contribution in [2.45, 2.75) is 13.3 Å². The summed E-state index contributed by atoms with van der Waals surface area (Å²) in [5.41, 5.74) is 0.391. The molecule has 0 aliphatic heterocycles. The highest BCUT2D eigenvalue weighted by molar-refractivity contribution is 5.76. The maximum Gasteiger partial charge on any atom is 0.522 e. The molecule has 0 aliphatic rings. The van der Waals surface area contributed by atoms with Crippen LogP contribution in [-0.4, -0.2) is 32.5 Å². The fraction of sp³-hybridized carbons (Fsp3) is 0.417. The summed E-state index contributed by atoms with van der Waals surface area (Å²) in [5.74, 6) is 0.567. The summed E-state index contributed by atoms with van der Waals surface area (Å²) in [6.07, 6.45) is -4.04.